The molecule has 1 unspecified atom stereocenters. The van der Waals surface area contributed by atoms with Gasteiger partial charge in [0.15, 0.2) is 0 Å². The molecule has 150 valence electrons. The fraction of sp³-hybridized carbons (Fsp3) is 0.368. The van der Waals surface area contributed by atoms with Crippen molar-refractivity contribution < 1.29 is 8.78 Å². The van der Waals surface area contributed by atoms with E-state index in [4.69, 9.17) is 11.6 Å². The second-order valence-corrected chi connectivity index (χ2v) is 7.98. The zero-order chi connectivity index (χ0) is 20.3. The first-order chi connectivity index (χ1) is 13.8. The van der Waals surface area contributed by atoms with Crippen LogP contribution < -0.4 is 0 Å². The molecule has 0 bridgehead atoms. The van der Waals surface area contributed by atoms with Crippen LogP contribution in [0.5, 0.6) is 0 Å². The van der Waals surface area contributed by atoms with Gasteiger partial charge in [-0.25, -0.2) is 13.8 Å². The van der Waals surface area contributed by atoms with Crippen molar-refractivity contribution in [1.29, 1.82) is 0 Å². The number of nitrogens with zero attached hydrogens (tertiary/aromatic N) is 7. The molecule has 1 aromatic carbocycles. The molecule has 4 heterocycles. The number of alkyl halides is 2. The van der Waals surface area contributed by atoms with E-state index >= 15 is 0 Å². The second kappa shape index (κ2) is 6.43. The first-order valence-electron chi connectivity index (χ1n) is 9.20. The topological polar surface area (TPSA) is 64.7 Å². The summed E-state index contributed by atoms with van der Waals surface area (Å²) in [6.45, 7) is 1.91. The summed E-state index contributed by atoms with van der Waals surface area (Å²) in [5.41, 5.74) is 2.58. The molecule has 0 saturated carbocycles. The highest BCUT2D eigenvalue weighted by Crippen LogP contribution is 2.40. The van der Waals surface area contributed by atoms with E-state index in [-0.39, 0.29) is 19.6 Å². The number of imidazole rings is 1. The maximum Gasteiger partial charge on any atom is 0.282 e. The average molecular weight is 418 g/mol. The van der Waals surface area contributed by atoms with Crippen LogP contribution in [0.15, 0.2) is 30.6 Å². The van der Waals surface area contributed by atoms with Crippen molar-refractivity contribution in [2.75, 3.05) is 20.1 Å². The fourth-order valence-electron chi connectivity index (χ4n) is 4.06. The largest absolute Gasteiger partial charge is 0.315 e. The van der Waals surface area contributed by atoms with Gasteiger partial charge in [-0.2, -0.15) is 15.0 Å². The number of hydrogen-bond donors (Lipinski definition) is 0. The zero-order valence-electron chi connectivity index (χ0n) is 15.8. The Kier molecular flexibility index (Phi) is 4.08. The quantitative estimate of drug-likeness (QED) is 0.511. The normalized spacial score (nSPS) is 19.6. The van der Waals surface area contributed by atoms with Crippen LogP contribution in [0.25, 0.3) is 21.9 Å². The molecular formula is C19H18ClF2N7. The lowest BCUT2D eigenvalue weighted by atomic mass is 10.1. The third-order valence-electron chi connectivity index (χ3n) is 5.25. The van der Waals surface area contributed by atoms with Crippen LogP contribution in [-0.4, -0.2) is 60.5 Å². The molecule has 7 nitrogen and oxygen atoms in total. The number of rotatable bonds is 3. The number of aromatic nitrogens is 6. The second-order valence-electron chi connectivity index (χ2n) is 7.54. The van der Waals surface area contributed by atoms with Gasteiger partial charge in [0.05, 0.1) is 35.7 Å². The molecule has 1 aliphatic rings. The summed E-state index contributed by atoms with van der Waals surface area (Å²) in [5, 5.41) is 9.70. The lowest BCUT2D eigenvalue weighted by Crippen LogP contribution is -2.31. The summed E-state index contributed by atoms with van der Waals surface area (Å²) >= 11 is 6.21. The minimum absolute atomic E-state index is 0.181. The summed E-state index contributed by atoms with van der Waals surface area (Å²) in [5.74, 6) is -2.44. The number of halogens is 3. The summed E-state index contributed by atoms with van der Waals surface area (Å²) in [4.78, 5) is 12.2. The molecule has 1 aliphatic heterocycles. The van der Waals surface area contributed by atoms with Crippen LogP contribution in [0.4, 0.5) is 8.78 Å². The number of hydrogen-bond acceptors (Lipinski definition) is 5. The lowest BCUT2D eigenvalue weighted by Gasteiger charge is -2.22. The highest BCUT2D eigenvalue weighted by molar-refractivity contribution is 6.31. The molecule has 1 fully saturated rings. The van der Waals surface area contributed by atoms with Gasteiger partial charge < -0.3 is 4.57 Å². The summed E-state index contributed by atoms with van der Waals surface area (Å²) in [7, 11) is 1.70. The molecule has 1 saturated heterocycles. The van der Waals surface area contributed by atoms with Crippen molar-refractivity contribution in [3.8, 4) is 0 Å². The van der Waals surface area contributed by atoms with Gasteiger partial charge in [-0.15, -0.1) is 0 Å². The highest BCUT2D eigenvalue weighted by atomic mass is 35.5. The Morgan fingerprint density at radius 3 is 2.76 bits per heavy atom. The van der Waals surface area contributed by atoms with Gasteiger partial charge in [0.2, 0.25) is 0 Å². The molecule has 5 rings (SSSR count). The number of pyridine rings is 1. The summed E-state index contributed by atoms with van der Waals surface area (Å²) < 4.78 is 31.6. The lowest BCUT2D eigenvalue weighted by molar-refractivity contribution is -0.0202. The Balaban J connectivity index is 1.79. The number of benzene rings is 1. The van der Waals surface area contributed by atoms with Crippen LogP contribution in [0.1, 0.15) is 17.6 Å². The first kappa shape index (κ1) is 18.4. The predicted molar refractivity (Wildman–Crippen MR) is 105 cm³/mol. The van der Waals surface area contributed by atoms with Gasteiger partial charge in [0.1, 0.15) is 23.9 Å². The minimum atomic E-state index is -2.90. The van der Waals surface area contributed by atoms with Crippen LogP contribution >= 0.6 is 11.6 Å². The van der Waals surface area contributed by atoms with Crippen LogP contribution in [0.3, 0.4) is 0 Å². The predicted octanol–water partition coefficient (Wildman–Crippen LogP) is 3.31. The minimum Gasteiger partial charge on any atom is -0.315 e. The Morgan fingerprint density at radius 2 is 2.07 bits per heavy atom. The molecule has 0 spiro atoms. The van der Waals surface area contributed by atoms with E-state index < -0.39 is 12.0 Å². The van der Waals surface area contributed by atoms with Crippen molar-refractivity contribution >= 4 is 33.5 Å². The maximum absolute atomic E-state index is 15.0. The standard InChI is InChI=1S/C19H18ClF2N7/c1-11-6-24-28(26-11)9-17-25-15-7-23-14-4-3-12(20)5-13(14)18(15)29(17)16-8-27(2)10-19(16,21)22/h3-7,16H,8-10H2,1-2H3. The Hall–Kier alpha value is -2.65. The maximum atomic E-state index is 15.0. The molecule has 3 aromatic heterocycles. The van der Waals surface area contributed by atoms with Crippen LogP contribution in [0, 0.1) is 6.92 Å². The zero-order valence-corrected chi connectivity index (χ0v) is 16.6. The molecule has 0 aliphatic carbocycles. The van der Waals surface area contributed by atoms with Gasteiger partial charge >= 0.3 is 0 Å². The molecular weight excluding hydrogens is 400 g/mol. The average Bonchev–Trinajstić information content (AvgIpc) is 3.29. The van der Waals surface area contributed by atoms with Crippen molar-refractivity contribution in [1.82, 2.24) is 34.4 Å². The Bertz CT molecular complexity index is 1230. The molecule has 4 aromatic rings. The molecule has 29 heavy (non-hydrogen) atoms. The van der Waals surface area contributed by atoms with Crippen molar-refractivity contribution in [3.63, 3.8) is 0 Å². The molecule has 0 radical (unpaired) electrons. The molecule has 1 atom stereocenters. The number of likely N-dealkylation sites (tertiary alicyclic amines) is 1. The summed E-state index contributed by atoms with van der Waals surface area (Å²) in [6, 6.07) is 4.21. The van der Waals surface area contributed by atoms with E-state index in [0.29, 0.717) is 32.8 Å². The number of likely N-dealkylation sites (N-methyl/N-ethyl adjacent to an activating group) is 1. The fourth-order valence-corrected chi connectivity index (χ4v) is 4.23. The van der Waals surface area contributed by atoms with Crippen molar-refractivity contribution in [2.24, 2.45) is 0 Å². The van der Waals surface area contributed by atoms with Gasteiger partial charge in [-0.3, -0.25) is 9.88 Å². The van der Waals surface area contributed by atoms with E-state index in [1.807, 2.05) is 6.92 Å². The third kappa shape index (κ3) is 3.05. The molecule has 0 amide bonds. The monoisotopic (exact) mass is 417 g/mol. The van der Waals surface area contributed by atoms with Crippen LogP contribution in [0.2, 0.25) is 5.02 Å². The van der Waals surface area contributed by atoms with Crippen molar-refractivity contribution in [2.45, 2.75) is 25.4 Å². The van der Waals surface area contributed by atoms with Crippen LogP contribution in [-0.2, 0) is 6.54 Å². The van der Waals surface area contributed by atoms with E-state index in [1.54, 1.807) is 47.1 Å². The Labute approximate surface area is 169 Å². The van der Waals surface area contributed by atoms with Gasteiger partial charge in [-0.05, 0) is 32.2 Å². The van der Waals surface area contributed by atoms with E-state index in [9.17, 15) is 8.78 Å². The highest BCUT2D eigenvalue weighted by Gasteiger charge is 2.49. The Morgan fingerprint density at radius 1 is 1.24 bits per heavy atom. The van der Waals surface area contributed by atoms with Gasteiger partial charge in [0.25, 0.3) is 5.92 Å². The van der Waals surface area contributed by atoms with Gasteiger partial charge in [-0.1, -0.05) is 11.6 Å². The molecule has 0 N–H and O–H groups in total. The van der Waals surface area contributed by atoms with E-state index in [2.05, 4.69) is 20.2 Å². The SMILES string of the molecule is Cc1cnn(Cc2nc3cnc4ccc(Cl)cc4c3n2C2CN(C)CC2(F)F)n1. The van der Waals surface area contributed by atoms with E-state index in [1.165, 1.54) is 4.80 Å². The smallest absolute Gasteiger partial charge is 0.282 e. The first-order valence-corrected chi connectivity index (χ1v) is 9.58. The molecule has 10 heteroatoms. The summed E-state index contributed by atoms with van der Waals surface area (Å²) in [6.07, 6.45) is 3.24. The number of fused-ring (bicyclic) bond motifs is 3. The van der Waals surface area contributed by atoms with Gasteiger partial charge in [0, 0.05) is 17.0 Å². The third-order valence-corrected chi connectivity index (χ3v) is 5.48. The van der Waals surface area contributed by atoms with E-state index in [0.717, 1.165) is 5.69 Å². The van der Waals surface area contributed by atoms with Crippen molar-refractivity contribution in [3.05, 3.63) is 47.1 Å². The number of aryl methyl sites for hydroxylation is 1.